The van der Waals surface area contributed by atoms with Crippen LogP contribution < -0.4 is 5.73 Å². The Balaban J connectivity index is 1.68. The zero-order valence-electron chi connectivity index (χ0n) is 9.38. The molecular weight excluding hydrogens is 170 g/mol. The summed E-state index contributed by atoms with van der Waals surface area (Å²) in [5.74, 6) is 2.10. The molecule has 0 heterocycles. The molecule has 82 valence electrons. The van der Waals surface area contributed by atoms with Crippen molar-refractivity contribution in [2.75, 3.05) is 0 Å². The van der Waals surface area contributed by atoms with Crippen molar-refractivity contribution >= 4 is 0 Å². The summed E-state index contributed by atoms with van der Waals surface area (Å²) in [4.78, 5) is 0. The first kappa shape index (κ1) is 10.5. The average Bonchev–Trinajstić information content (AvgIpc) is 2.23. The molecule has 2 saturated carbocycles. The van der Waals surface area contributed by atoms with Gasteiger partial charge in [0, 0.05) is 6.04 Å². The van der Waals surface area contributed by atoms with Crippen molar-refractivity contribution < 1.29 is 0 Å². The molecule has 1 nitrogen and oxygen atoms in total. The lowest BCUT2D eigenvalue weighted by atomic mass is 9.77. The maximum absolute atomic E-state index is 5.93. The quantitative estimate of drug-likeness (QED) is 0.717. The van der Waals surface area contributed by atoms with Crippen molar-refractivity contribution in [1.29, 1.82) is 0 Å². The second kappa shape index (κ2) is 5.16. The van der Waals surface area contributed by atoms with Gasteiger partial charge in [-0.1, -0.05) is 32.1 Å². The molecule has 0 aromatic rings. The average molecular weight is 195 g/mol. The third kappa shape index (κ3) is 2.98. The summed E-state index contributed by atoms with van der Waals surface area (Å²) in [5, 5.41) is 0. The van der Waals surface area contributed by atoms with E-state index in [0.717, 1.165) is 11.8 Å². The number of hydrogen-bond donors (Lipinski definition) is 1. The van der Waals surface area contributed by atoms with Crippen LogP contribution in [0.25, 0.3) is 0 Å². The predicted octanol–water partition coefficient (Wildman–Crippen LogP) is 3.47. The van der Waals surface area contributed by atoms with Crippen molar-refractivity contribution in [3.8, 4) is 0 Å². The summed E-state index contributed by atoms with van der Waals surface area (Å²) in [5.41, 5.74) is 5.93. The third-order valence-electron chi connectivity index (χ3n) is 4.28. The fourth-order valence-electron chi connectivity index (χ4n) is 3.32. The highest BCUT2D eigenvalue weighted by molar-refractivity contribution is 4.77. The van der Waals surface area contributed by atoms with Gasteiger partial charge in [-0.25, -0.2) is 0 Å². The molecule has 0 aromatic heterocycles. The highest BCUT2D eigenvalue weighted by atomic mass is 14.6. The molecule has 2 rings (SSSR count). The summed E-state index contributed by atoms with van der Waals surface area (Å²) < 4.78 is 0. The van der Waals surface area contributed by atoms with Gasteiger partial charge in [-0.3, -0.25) is 0 Å². The van der Waals surface area contributed by atoms with Crippen LogP contribution in [0.2, 0.25) is 0 Å². The van der Waals surface area contributed by atoms with Gasteiger partial charge >= 0.3 is 0 Å². The summed E-state index contributed by atoms with van der Waals surface area (Å²) in [7, 11) is 0. The Morgan fingerprint density at radius 1 is 0.714 bits per heavy atom. The van der Waals surface area contributed by atoms with E-state index < -0.39 is 0 Å². The molecule has 0 unspecified atom stereocenters. The van der Waals surface area contributed by atoms with Gasteiger partial charge in [0.15, 0.2) is 0 Å². The van der Waals surface area contributed by atoms with Crippen molar-refractivity contribution in [1.82, 2.24) is 0 Å². The highest BCUT2D eigenvalue weighted by Gasteiger charge is 2.22. The number of rotatable bonds is 2. The third-order valence-corrected chi connectivity index (χ3v) is 4.28. The first-order valence-corrected chi connectivity index (χ1v) is 6.60. The van der Waals surface area contributed by atoms with E-state index in [2.05, 4.69) is 0 Å². The van der Waals surface area contributed by atoms with Gasteiger partial charge in [-0.05, 0) is 43.9 Å². The molecule has 0 radical (unpaired) electrons. The Morgan fingerprint density at radius 2 is 1.29 bits per heavy atom. The van der Waals surface area contributed by atoms with Crippen molar-refractivity contribution in [2.24, 2.45) is 17.6 Å². The maximum atomic E-state index is 5.93. The van der Waals surface area contributed by atoms with Gasteiger partial charge in [-0.2, -0.15) is 0 Å². The Morgan fingerprint density at radius 3 is 1.93 bits per heavy atom. The van der Waals surface area contributed by atoms with Gasteiger partial charge in [0.25, 0.3) is 0 Å². The van der Waals surface area contributed by atoms with Gasteiger partial charge in [0.05, 0.1) is 0 Å². The molecule has 0 saturated heterocycles. The molecule has 14 heavy (non-hydrogen) atoms. The van der Waals surface area contributed by atoms with E-state index in [1.165, 1.54) is 64.2 Å². The first-order valence-electron chi connectivity index (χ1n) is 6.60. The SMILES string of the molecule is N[C@H]1CC[C@@H](CC2CCCCC2)CC1. The molecule has 0 spiro atoms. The largest absolute Gasteiger partial charge is 0.328 e. The molecule has 0 bridgehead atoms. The summed E-state index contributed by atoms with van der Waals surface area (Å²) >= 11 is 0. The van der Waals surface area contributed by atoms with E-state index in [-0.39, 0.29) is 0 Å². The van der Waals surface area contributed by atoms with E-state index in [4.69, 9.17) is 5.73 Å². The minimum absolute atomic E-state index is 0.526. The molecule has 2 N–H and O–H groups in total. The molecule has 0 aliphatic heterocycles. The Hall–Kier alpha value is -0.0400. The number of hydrogen-bond acceptors (Lipinski definition) is 1. The normalized spacial score (nSPS) is 35.8. The van der Waals surface area contributed by atoms with Crippen LogP contribution in [0, 0.1) is 11.8 Å². The van der Waals surface area contributed by atoms with E-state index in [0.29, 0.717) is 6.04 Å². The highest BCUT2D eigenvalue weighted by Crippen LogP contribution is 2.34. The van der Waals surface area contributed by atoms with Crippen LogP contribution in [0.1, 0.15) is 64.2 Å². The number of nitrogens with two attached hydrogens (primary N) is 1. The summed E-state index contributed by atoms with van der Waals surface area (Å²) in [6, 6.07) is 0.526. The molecule has 0 amide bonds. The van der Waals surface area contributed by atoms with Crippen LogP contribution in [0.4, 0.5) is 0 Å². The molecule has 0 aromatic carbocycles. The smallest absolute Gasteiger partial charge is 0.00390 e. The van der Waals surface area contributed by atoms with Gasteiger partial charge in [-0.15, -0.1) is 0 Å². The first-order chi connectivity index (χ1) is 6.84. The summed E-state index contributed by atoms with van der Waals surface area (Å²) in [6.07, 6.45) is 14.4. The lowest BCUT2D eigenvalue weighted by molar-refractivity contribution is 0.234. The second-order valence-corrected chi connectivity index (χ2v) is 5.52. The molecule has 2 aliphatic carbocycles. The van der Waals surface area contributed by atoms with E-state index >= 15 is 0 Å². The van der Waals surface area contributed by atoms with Crippen molar-refractivity contribution in [2.45, 2.75) is 70.3 Å². The predicted molar refractivity (Wildman–Crippen MR) is 61.1 cm³/mol. The fraction of sp³-hybridized carbons (Fsp3) is 1.00. The van der Waals surface area contributed by atoms with E-state index in [1.807, 2.05) is 0 Å². The fourth-order valence-corrected chi connectivity index (χ4v) is 3.32. The molecular formula is C13H25N. The molecule has 1 heteroatoms. The summed E-state index contributed by atoms with van der Waals surface area (Å²) in [6.45, 7) is 0. The van der Waals surface area contributed by atoms with E-state index in [1.54, 1.807) is 0 Å². The minimum Gasteiger partial charge on any atom is -0.328 e. The zero-order chi connectivity index (χ0) is 9.80. The Kier molecular flexibility index (Phi) is 3.86. The lowest BCUT2D eigenvalue weighted by Gasteiger charge is -2.30. The second-order valence-electron chi connectivity index (χ2n) is 5.52. The topological polar surface area (TPSA) is 26.0 Å². The van der Waals surface area contributed by atoms with Crippen LogP contribution in [0.5, 0.6) is 0 Å². The molecule has 2 aliphatic rings. The van der Waals surface area contributed by atoms with E-state index in [9.17, 15) is 0 Å². The zero-order valence-corrected chi connectivity index (χ0v) is 9.38. The maximum Gasteiger partial charge on any atom is 0.00390 e. The van der Waals surface area contributed by atoms with Gasteiger partial charge in [0.1, 0.15) is 0 Å². The van der Waals surface area contributed by atoms with Crippen molar-refractivity contribution in [3.05, 3.63) is 0 Å². The van der Waals surface area contributed by atoms with Crippen molar-refractivity contribution in [3.63, 3.8) is 0 Å². The van der Waals surface area contributed by atoms with Crippen LogP contribution >= 0.6 is 0 Å². The molecule has 0 atom stereocenters. The van der Waals surface area contributed by atoms with Crippen LogP contribution in [0.15, 0.2) is 0 Å². The Bertz CT molecular complexity index is 153. The standard InChI is InChI=1S/C13H25N/c14-13-8-6-12(7-9-13)10-11-4-2-1-3-5-11/h11-13H,1-10,14H2/t12-,13+. The van der Waals surface area contributed by atoms with Gasteiger partial charge < -0.3 is 5.73 Å². The van der Waals surface area contributed by atoms with Crippen LogP contribution in [-0.2, 0) is 0 Å². The monoisotopic (exact) mass is 195 g/mol. The minimum atomic E-state index is 0.526. The van der Waals surface area contributed by atoms with Gasteiger partial charge in [0.2, 0.25) is 0 Å². The Labute approximate surface area is 88.4 Å². The molecule has 2 fully saturated rings. The van der Waals surface area contributed by atoms with Crippen LogP contribution in [0.3, 0.4) is 0 Å². The lowest BCUT2D eigenvalue weighted by Crippen LogP contribution is -2.27. The van der Waals surface area contributed by atoms with Crippen LogP contribution in [-0.4, -0.2) is 6.04 Å².